The van der Waals surface area contributed by atoms with Crippen molar-refractivity contribution in [3.05, 3.63) is 90.0 Å². The van der Waals surface area contributed by atoms with Crippen molar-refractivity contribution >= 4 is 11.4 Å². The first-order chi connectivity index (χ1) is 11.8. The van der Waals surface area contributed by atoms with Crippen molar-refractivity contribution in [3.63, 3.8) is 0 Å². The summed E-state index contributed by atoms with van der Waals surface area (Å²) in [5.41, 5.74) is 0.867. The molecule has 1 atom stereocenters. The van der Waals surface area contributed by atoms with Crippen molar-refractivity contribution in [2.45, 2.75) is 25.3 Å². The molecule has 0 aromatic heterocycles. The van der Waals surface area contributed by atoms with Crippen molar-refractivity contribution in [1.82, 2.24) is 0 Å². The molecule has 0 radical (unpaired) electrons. The zero-order valence-corrected chi connectivity index (χ0v) is 13.3. The number of rotatable bonds is 7. The predicted octanol–water partition coefficient (Wildman–Crippen LogP) is 3.69. The minimum Gasteiger partial charge on any atom is -0.264 e. The number of nitrogens with zero attached hydrogens (tertiary/aromatic N) is 3. The molecule has 9 nitrogen and oxygen atoms in total. The highest BCUT2D eigenvalue weighted by Crippen LogP contribution is 2.33. The summed E-state index contributed by atoms with van der Waals surface area (Å²) in [6.07, 6.45) is 0.242. The highest BCUT2D eigenvalue weighted by molar-refractivity contribution is 5.42. The molecule has 0 aliphatic heterocycles. The Morgan fingerprint density at radius 3 is 1.36 bits per heavy atom. The van der Waals surface area contributed by atoms with Gasteiger partial charge in [-0.05, 0) is 11.1 Å². The van der Waals surface area contributed by atoms with Crippen LogP contribution in [0, 0.1) is 30.3 Å². The number of hydrogen-bond acceptors (Lipinski definition) is 6. The molecule has 0 spiro atoms. The lowest BCUT2D eigenvalue weighted by atomic mass is 9.84. The Kier molecular flexibility index (Phi) is 5.38. The van der Waals surface area contributed by atoms with Crippen LogP contribution in [0.5, 0.6) is 0 Å². The van der Waals surface area contributed by atoms with E-state index in [0.717, 1.165) is 0 Å². The maximum atomic E-state index is 11.5. The largest absolute Gasteiger partial charge is 0.269 e. The number of nitro benzene ring substituents is 2. The number of non-ortho nitro benzene ring substituents is 2. The van der Waals surface area contributed by atoms with E-state index in [9.17, 15) is 30.3 Å². The Morgan fingerprint density at radius 2 is 1.12 bits per heavy atom. The molecule has 2 aromatic carbocycles. The molecule has 0 amide bonds. The van der Waals surface area contributed by atoms with Crippen molar-refractivity contribution in [1.29, 1.82) is 0 Å². The molecule has 1 unspecified atom stereocenters. The van der Waals surface area contributed by atoms with E-state index in [2.05, 4.69) is 0 Å². The van der Waals surface area contributed by atoms with Crippen LogP contribution in [0.3, 0.4) is 0 Å². The summed E-state index contributed by atoms with van der Waals surface area (Å²) in [5, 5.41) is 33.0. The topological polar surface area (TPSA) is 129 Å². The molecule has 0 aliphatic carbocycles. The highest BCUT2D eigenvalue weighted by Gasteiger charge is 2.33. The van der Waals surface area contributed by atoms with Crippen LogP contribution in [-0.2, 0) is 0 Å². The van der Waals surface area contributed by atoms with E-state index >= 15 is 0 Å². The lowest BCUT2D eigenvalue weighted by molar-refractivity contribution is -0.525. The molecular weight excluding hydrogens is 330 g/mol. The van der Waals surface area contributed by atoms with Crippen molar-refractivity contribution in [2.24, 2.45) is 0 Å². The van der Waals surface area contributed by atoms with Crippen molar-refractivity contribution in [2.75, 3.05) is 0 Å². The molecule has 2 aromatic rings. The Hall–Kier alpha value is -3.36. The van der Waals surface area contributed by atoms with E-state index < -0.39 is 26.7 Å². The molecule has 0 saturated carbocycles. The monoisotopic (exact) mass is 345 g/mol. The normalized spacial score (nSPS) is 11.9. The smallest absolute Gasteiger partial charge is 0.264 e. The zero-order valence-electron chi connectivity index (χ0n) is 13.3. The van der Waals surface area contributed by atoms with Crippen LogP contribution in [0.15, 0.2) is 48.5 Å². The lowest BCUT2D eigenvalue weighted by Crippen LogP contribution is -2.27. The summed E-state index contributed by atoms with van der Waals surface area (Å²) in [6.45, 7) is 1.68. The van der Waals surface area contributed by atoms with Gasteiger partial charge in [0.05, 0.1) is 15.8 Å². The first kappa shape index (κ1) is 18.0. The Labute approximate surface area is 142 Å². The highest BCUT2D eigenvalue weighted by atomic mass is 16.6. The van der Waals surface area contributed by atoms with E-state index in [4.69, 9.17) is 0 Å². The average Bonchev–Trinajstić information content (AvgIpc) is 2.59. The molecule has 2 rings (SSSR count). The minimum absolute atomic E-state index is 0.111. The van der Waals surface area contributed by atoms with Gasteiger partial charge in [0.1, 0.15) is 0 Å². The molecule has 0 aliphatic rings. The van der Waals surface area contributed by atoms with Gasteiger partial charge in [0, 0.05) is 35.6 Å². The maximum absolute atomic E-state index is 11.5. The predicted molar refractivity (Wildman–Crippen MR) is 89.1 cm³/mol. The van der Waals surface area contributed by atoms with Gasteiger partial charge in [0.2, 0.25) is 6.04 Å². The fraction of sp³-hybridized carbons (Fsp3) is 0.250. The van der Waals surface area contributed by atoms with Crippen LogP contribution < -0.4 is 0 Å². The molecule has 25 heavy (non-hydrogen) atoms. The van der Waals surface area contributed by atoms with Gasteiger partial charge in [-0.3, -0.25) is 30.3 Å². The van der Waals surface area contributed by atoms with Gasteiger partial charge in [0.15, 0.2) is 0 Å². The standard InChI is InChI=1S/C16H15N3O6/c1-2-15(19(24)25)16(11-3-7-13(8-4-11)17(20)21)12-5-9-14(10-6-12)18(22)23/h3-10,15-16H,2H2,1H3. The molecule has 9 heteroatoms. The first-order valence-electron chi connectivity index (χ1n) is 7.47. The van der Waals surface area contributed by atoms with Gasteiger partial charge in [-0.1, -0.05) is 31.2 Å². The third-order valence-corrected chi connectivity index (χ3v) is 4.00. The molecular formula is C16H15N3O6. The SMILES string of the molecule is CCC(C(c1ccc([N+](=O)[O-])cc1)c1ccc([N+](=O)[O-])cc1)[N+](=O)[O-]. The van der Waals surface area contributed by atoms with Crippen LogP contribution >= 0.6 is 0 Å². The second-order valence-corrected chi connectivity index (χ2v) is 5.44. The average molecular weight is 345 g/mol. The van der Waals surface area contributed by atoms with Crippen LogP contribution in [0.4, 0.5) is 11.4 Å². The van der Waals surface area contributed by atoms with Gasteiger partial charge < -0.3 is 0 Å². The third-order valence-electron chi connectivity index (χ3n) is 4.00. The van der Waals surface area contributed by atoms with E-state index in [1.54, 1.807) is 6.92 Å². The van der Waals surface area contributed by atoms with Crippen LogP contribution in [0.2, 0.25) is 0 Å². The first-order valence-corrected chi connectivity index (χ1v) is 7.47. The number of nitro groups is 3. The third kappa shape index (κ3) is 3.94. The summed E-state index contributed by atoms with van der Waals surface area (Å²) in [5.74, 6) is -0.665. The fourth-order valence-electron chi connectivity index (χ4n) is 2.75. The molecule has 130 valence electrons. The van der Waals surface area contributed by atoms with E-state index in [1.807, 2.05) is 0 Å². The minimum atomic E-state index is -0.956. The number of benzene rings is 2. The van der Waals surface area contributed by atoms with E-state index in [1.165, 1.54) is 48.5 Å². The second kappa shape index (κ2) is 7.47. The van der Waals surface area contributed by atoms with E-state index in [-0.39, 0.29) is 17.8 Å². The van der Waals surface area contributed by atoms with Gasteiger partial charge in [-0.15, -0.1) is 0 Å². The summed E-state index contributed by atoms with van der Waals surface area (Å²) >= 11 is 0. The van der Waals surface area contributed by atoms with Crippen LogP contribution in [-0.4, -0.2) is 20.8 Å². The summed E-state index contributed by atoms with van der Waals surface area (Å²) < 4.78 is 0. The molecule has 0 fully saturated rings. The van der Waals surface area contributed by atoms with Gasteiger partial charge in [0.25, 0.3) is 11.4 Å². The Bertz CT molecular complexity index is 731. The Balaban J connectivity index is 2.50. The molecule has 0 saturated heterocycles. The van der Waals surface area contributed by atoms with Crippen molar-refractivity contribution < 1.29 is 14.8 Å². The summed E-state index contributed by atoms with van der Waals surface area (Å²) in [7, 11) is 0. The second-order valence-electron chi connectivity index (χ2n) is 5.44. The molecule has 0 heterocycles. The van der Waals surface area contributed by atoms with Crippen LogP contribution in [0.1, 0.15) is 30.4 Å². The summed E-state index contributed by atoms with van der Waals surface area (Å²) in [6, 6.07) is 10.1. The summed E-state index contributed by atoms with van der Waals surface area (Å²) in [4.78, 5) is 31.5. The van der Waals surface area contributed by atoms with Gasteiger partial charge in [-0.2, -0.15) is 0 Å². The Morgan fingerprint density at radius 1 is 0.760 bits per heavy atom. The number of hydrogen-bond donors (Lipinski definition) is 0. The lowest BCUT2D eigenvalue weighted by Gasteiger charge is -2.21. The van der Waals surface area contributed by atoms with Gasteiger partial charge >= 0.3 is 0 Å². The fourth-order valence-corrected chi connectivity index (χ4v) is 2.75. The molecule has 0 bridgehead atoms. The van der Waals surface area contributed by atoms with E-state index in [0.29, 0.717) is 11.1 Å². The maximum Gasteiger partial charge on any atom is 0.269 e. The molecule has 0 N–H and O–H groups in total. The van der Waals surface area contributed by atoms with Crippen molar-refractivity contribution in [3.8, 4) is 0 Å². The van der Waals surface area contributed by atoms with Crippen LogP contribution in [0.25, 0.3) is 0 Å². The zero-order chi connectivity index (χ0) is 18.6. The quantitative estimate of drug-likeness (QED) is 0.555. The van der Waals surface area contributed by atoms with Gasteiger partial charge in [-0.25, -0.2) is 0 Å².